The van der Waals surface area contributed by atoms with Crippen LogP contribution in [0.4, 0.5) is 4.79 Å². The molecule has 1 aromatic heterocycles. The van der Waals surface area contributed by atoms with Crippen LogP contribution in [0.15, 0.2) is 29.1 Å². The van der Waals surface area contributed by atoms with E-state index in [0.717, 1.165) is 37.0 Å². The zero-order valence-electron chi connectivity index (χ0n) is 19.7. The fraction of sp³-hybridized carbons (Fsp3) is 0.625. The van der Waals surface area contributed by atoms with Crippen molar-refractivity contribution in [3.05, 3.63) is 40.3 Å². The number of benzene rings is 1. The van der Waals surface area contributed by atoms with E-state index in [4.69, 9.17) is 4.74 Å². The molecule has 0 saturated carbocycles. The molecule has 2 heterocycles. The smallest absolute Gasteiger partial charge is 0.410 e. The van der Waals surface area contributed by atoms with Gasteiger partial charge < -0.3 is 9.64 Å². The minimum Gasteiger partial charge on any atom is -0.444 e. The van der Waals surface area contributed by atoms with Crippen LogP contribution in [0.25, 0.3) is 10.8 Å². The van der Waals surface area contributed by atoms with Crippen molar-refractivity contribution in [2.24, 2.45) is 5.92 Å². The van der Waals surface area contributed by atoms with E-state index in [1.807, 2.05) is 70.7 Å². The van der Waals surface area contributed by atoms with Gasteiger partial charge in [-0.1, -0.05) is 18.2 Å². The highest BCUT2D eigenvalue weighted by Crippen LogP contribution is 2.21. The maximum atomic E-state index is 12.9. The predicted octanol–water partition coefficient (Wildman–Crippen LogP) is 4.02. The Balaban J connectivity index is 1.71. The van der Waals surface area contributed by atoms with Crippen molar-refractivity contribution < 1.29 is 9.53 Å². The summed E-state index contributed by atoms with van der Waals surface area (Å²) in [7, 11) is 0. The van der Waals surface area contributed by atoms with Crippen molar-refractivity contribution in [3.63, 3.8) is 0 Å². The average molecular weight is 429 g/mol. The van der Waals surface area contributed by atoms with E-state index in [-0.39, 0.29) is 17.7 Å². The van der Waals surface area contributed by atoms with Crippen LogP contribution in [0.2, 0.25) is 0 Å². The zero-order chi connectivity index (χ0) is 22.8. The summed E-state index contributed by atoms with van der Waals surface area (Å²) < 4.78 is 7.19. The first kappa shape index (κ1) is 23.3. The summed E-state index contributed by atoms with van der Waals surface area (Å²) in [4.78, 5) is 29.7. The van der Waals surface area contributed by atoms with Gasteiger partial charge >= 0.3 is 6.09 Å². The molecule has 170 valence electrons. The lowest BCUT2D eigenvalue weighted by atomic mass is 9.97. The van der Waals surface area contributed by atoms with Crippen LogP contribution < -0.4 is 5.56 Å². The highest BCUT2D eigenvalue weighted by Gasteiger charge is 2.29. The molecule has 0 bridgehead atoms. The predicted molar refractivity (Wildman–Crippen MR) is 123 cm³/mol. The maximum absolute atomic E-state index is 12.9. The fourth-order valence-electron chi connectivity index (χ4n) is 4.21. The first-order valence-corrected chi connectivity index (χ1v) is 11.2. The molecule has 0 spiro atoms. The van der Waals surface area contributed by atoms with Crippen LogP contribution in [0, 0.1) is 12.8 Å². The maximum Gasteiger partial charge on any atom is 0.410 e. The van der Waals surface area contributed by atoms with Gasteiger partial charge in [0.15, 0.2) is 0 Å². The SMILES string of the molecule is Cc1nn(CN2CCCC(CN(C(=O)OC(C)(C)C)C(C)C)C2)c(=O)c2ccccc12. The standard InChI is InChI=1S/C24H36N4O3/c1-17(2)27(23(30)31-24(4,5)6)15-19-10-9-13-26(14-19)16-28-22(29)21-12-8-7-11-20(21)18(3)25-28/h7-8,11-12,17,19H,9-10,13-16H2,1-6H3. The van der Waals surface area contributed by atoms with Crippen molar-refractivity contribution in [2.45, 2.75) is 72.7 Å². The van der Waals surface area contributed by atoms with Crippen LogP contribution in [-0.2, 0) is 11.4 Å². The number of nitrogens with zero attached hydrogens (tertiary/aromatic N) is 4. The molecule has 7 heteroatoms. The molecule has 31 heavy (non-hydrogen) atoms. The number of rotatable bonds is 5. The number of piperidine rings is 1. The van der Waals surface area contributed by atoms with Gasteiger partial charge in [-0.15, -0.1) is 0 Å². The molecular formula is C24H36N4O3. The molecule has 1 aromatic carbocycles. The van der Waals surface area contributed by atoms with Crippen LogP contribution in [-0.4, -0.2) is 57.0 Å². The molecule has 1 aliphatic heterocycles. The van der Waals surface area contributed by atoms with Gasteiger partial charge in [0, 0.05) is 24.5 Å². The van der Waals surface area contributed by atoms with Crippen molar-refractivity contribution in [3.8, 4) is 0 Å². The van der Waals surface area contributed by atoms with E-state index in [0.29, 0.717) is 24.5 Å². The molecule has 3 rings (SSSR count). The van der Waals surface area contributed by atoms with E-state index < -0.39 is 5.60 Å². The highest BCUT2D eigenvalue weighted by molar-refractivity contribution is 5.83. The Hall–Kier alpha value is -2.41. The average Bonchev–Trinajstić information content (AvgIpc) is 2.69. The van der Waals surface area contributed by atoms with Crippen LogP contribution in [0.1, 0.15) is 53.2 Å². The van der Waals surface area contributed by atoms with Gasteiger partial charge in [-0.2, -0.15) is 5.10 Å². The number of aryl methyl sites for hydroxylation is 1. The lowest BCUT2D eigenvalue weighted by Gasteiger charge is -2.37. The Labute approximate surface area is 185 Å². The van der Waals surface area contributed by atoms with Gasteiger partial charge in [0.25, 0.3) is 5.56 Å². The van der Waals surface area contributed by atoms with E-state index in [1.54, 1.807) is 4.68 Å². The molecular weight excluding hydrogens is 392 g/mol. The molecule has 2 aromatic rings. The Morgan fingerprint density at radius 3 is 2.58 bits per heavy atom. The van der Waals surface area contributed by atoms with Gasteiger partial charge in [-0.3, -0.25) is 9.69 Å². The molecule has 1 amide bonds. The molecule has 1 saturated heterocycles. The second-order valence-electron chi connectivity index (χ2n) is 9.89. The number of hydrogen-bond acceptors (Lipinski definition) is 5. The summed E-state index contributed by atoms with van der Waals surface area (Å²) in [6.07, 6.45) is 1.83. The quantitative estimate of drug-likeness (QED) is 0.720. The Morgan fingerprint density at radius 2 is 1.94 bits per heavy atom. The van der Waals surface area contributed by atoms with Crippen LogP contribution in [0.5, 0.6) is 0 Å². The van der Waals surface area contributed by atoms with Gasteiger partial charge in [-0.05, 0) is 72.9 Å². The summed E-state index contributed by atoms with van der Waals surface area (Å²) >= 11 is 0. The van der Waals surface area contributed by atoms with E-state index in [1.165, 1.54) is 0 Å². The third-order valence-corrected chi connectivity index (χ3v) is 5.70. The number of ether oxygens (including phenoxy) is 1. The molecule has 1 unspecified atom stereocenters. The van der Waals surface area contributed by atoms with Gasteiger partial charge in [-0.25, -0.2) is 9.48 Å². The van der Waals surface area contributed by atoms with Crippen molar-refractivity contribution in [1.82, 2.24) is 19.6 Å². The highest BCUT2D eigenvalue weighted by atomic mass is 16.6. The minimum absolute atomic E-state index is 0.0547. The van der Waals surface area contributed by atoms with Crippen LogP contribution in [0.3, 0.4) is 0 Å². The van der Waals surface area contributed by atoms with Crippen molar-refractivity contribution in [2.75, 3.05) is 19.6 Å². The summed E-state index contributed by atoms with van der Waals surface area (Å²) in [6, 6.07) is 7.70. The third kappa shape index (κ3) is 5.85. The van der Waals surface area contributed by atoms with Crippen molar-refractivity contribution >= 4 is 16.9 Å². The number of carbonyl (C=O) groups excluding carboxylic acids is 1. The number of fused-ring (bicyclic) bond motifs is 1. The van der Waals surface area contributed by atoms with E-state index >= 15 is 0 Å². The topological polar surface area (TPSA) is 67.7 Å². The molecule has 1 fully saturated rings. The Bertz CT molecular complexity index is 977. The lowest BCUT2D eigenvalue weighted by Crippen LogP contribution is -2.47. The second-order valence-corrected chi connectivity index (χ2v) is 9.89. The molecule has 0 radical (unpaired) electrons. The third-order valence-electron chi connectivity index (χ3n) is 5.70. The Morgan fingerprint density at radius 1 is 1.26 bits per heavy atom. The Kier molecular flexibility index (Phi) is 7.04. The normalized spacial score (nSPS) is 17.8. The first-order valence-electron chi connectivity index (χ1n) is 11.2. The monoisotopic (exact) mass is 428 g/mol. The largest absolute Gasteiger partial charge is 0.444 e. The number of amides is 1. The lowest BCUT2D eigenvalue weighted by molar-refractivity contribution is 0.0107. The second kappa shape index (κ2) is 9.39. The molecule has 0 N–H and O–H groups in total. The van der Waals surface area contributed by atoms with E-state index in [9.17, 15) is 9.59 Å². The van der Waals surface area contributed by atoms with Crippen LogP contribution >= 0.6 is 0 Å². The van der Waals surface area contributed by atoms with Gasteiger partial charge in [0.2, 0.25) is 0 Å². The first-order chi connectivity index (χ1) is 14.5. The van der Waals surface area contributed by atoms with Crippen molar-refractivity contribution in [1.29, 1.82) is 0 Å². The fourth-order valence-corrected chi connectivity index (χ4v) is 4.21. The zero-order valence-corrected chi connectivity index (χ0v) is 19.7. The summed E-state index contributed by atoms with van der Waals surface area (Å²) in [5, 5.41) is 6.17. The molecule has 1 atom stereocenters. The summed E-state index contributed by atoms with van der Waals surface area (Å²) in [6.45, 7) is 14.5. The van der Waals surface area contributed by atoms with Gasteiger partial charge in [0.05, 0.1) is 17.7 Å². The minimum atomic E-state index is -0.510. The number of aromatic nitrogens is 2. The molecule has 1 aliphatic rings. The molecule has 7 nitrogen and oxygen atoms in total. The summed E-state index contributed by atoms with van der Waals surface area (Å²) in [5.41, 5.74) is 0.296. The molecule has 0 aliphatic carbocycles. The summed E-state index contributed by atoms with van der Waals surface area (Å²) in [5.74, 6) is 0.334. The number of likely N-dealkylation sites (tertiary alicyclic amines) is 1. The van der Waals surface area contributed by atoms with E-state index in [2.05, 4.69) is 10.00 Å². The van der Waals surface area contributed by atoms with Gasteiger partial charge in [0.1, 0.15) is 5.60 Å². The number of carbonyl (C=O) groups is 1. The number of hydrogen-bond donors (Lipinski definition) is 0.